The lowest BCUT2D eigenvalue weighted by molar-refractivity contribution is 0.296. The SMILES string of the molecule is Fc1ccccc1COc1ccc(Br)cc1CNCc1cccs1. The van der Waals surface area contributed by atoms with Crippen LogP contribution in [0.15, 0.2) is 64.5 Å². The van der Waals surface area contributed by atoms with Crippen LogP contribution in [0.2, 0.25) is 0 Å². The lowest BCUT2D eigenvalue weighted by Gasteiger charge is -2.13. The van der Waals surface area contributed by atoms with Gasteiger partial charge >= 0.3 is 0 Å². The molecule has 124 valence electrons. The van der Waals surface area contributed by atoms with Gasteiger partial charge in [-0.05, 0) is 35.7 Å². The third-order valence-electron chi connectivity index (χ3n) is 3.56. The Morgan fingerprint density at radius 1 is 1.00 bits per heavy atom. The maximum absolute atomic E-state index is 13.7. The molecular weight excluding hydrogens is 389 g/mol. The van der Waals surface area contributed by atoms with Crippen LogP contribution in [0.3, 0.4) is 0 Å². The Morgan fingerprint density at radius 3 is 2.67 bits per heavy atom. The molecule has 5 heteroatoms. The predicted molar refractivity (Wildman–Crippen MR) is 99.7 cm³/mol. The minimum Gasteiger partial charge on any atom is -0.488 e. The van der Waals surface area contributed by atoms with Gasteiger partial charge in [0.25, 0.3) is 0 Å². The lowest BCUT2D eigenvalue weighted by atomic mass is 10.2. The first-order valence-electron chi connectivity index (χ1n) is 7.60. The van der Waals surface area contributed by atoms with E-state index in [1.807, 2.05) is 30.3 Å². The minimum atomic E-state index is -0.244. The van der Waals surface area contributed by atoms with Crippen molar-refractivity contribution >= 4 is 27.3 Å². The molecule has 0 radical (unpaired) electrons. The van der Waals surface area contributed by atoms with Crippen molar-refractivity contribution in [1.29, 1.82) is 0 Å². The number of hydrogen-bond acceptors (Lipinski definition) is 3. The van der Waals surface area contributed by atoms with E-state index in [0.717, 1.165) is 22.3 Å². The van der Waals surface area contributed by atoms with E-state index in [1.54, 1.807) is 23.5 Å². The molecule has 0 aliphatic heterocycles. The topological polar surface area (TPSA) is 21.3 Å². The normalized spacial score (nSPS) is 10.8. The summed E-state index contributed by atoms with van der Waals surface area (Å²) in [5, 5.41) is 5.49. The average molecular weight is 406 g/mol. The number of rotatable bonds is 7. The van der Waals surface area contributed by atoms with Crippen LogP contribution in [0, 0.1) is 5.82 Å². The predicted octanol–water partition coefficient (Wildman–Crippen LogP) is 5.52. The van der Waals surface area contributed by atoms with Crippen LogP contribution in [0.5, 0.6) is 5.75 Å². The molecule has 0 atom stereocenters. The number of ether oxygens (including phenoxy) is 1. The van der Waals surface area contributed by atoms with E-state index in [2.05, 4.69) is 32.7 Å². The molecule has 3 rings (SSSR count). The van der Waals surface area contributed by atoms with Crippen molar-refractivity contribution in [2.24, 2.45) is 0 Å². The number of benzene rings is 2. The Kier molecular flexibility index (Phi) is 6.01. The third kappa shape index (κ3) is 4.66. The minimum absolute atomic E-state index is 0.215. The summed E-state index contributed by atoms with van der Waals surface area (Å²) in [6.07, 6.45) is 0. The number of hydrogen-bond donors (Lipinski definition) is 1. The molecule has 0 aliphatic carbocycles. The van der Waals surface area contributed by atoms with Gasteiger partial charge in [0.1, 0.15) is 18.2 Å². The van der Waals surface area contributed by atoms with Crippen LogP contribution in [0.1, 0.15) is 16.0 Å². The second-order valence-corrected chi connectivity index (χ2v) is 7.26. The highest BCUT2D eigenvalue weighted by Crippen LogP contribution is 2.24. The third-order valence-corrected chi connectivity index (χ3v) is 4.93. The number of halogens is 2. The average Bonchev–Trinajstić information content (AvgIpc) is 3.09. The van der Waals surface area contributed by atoms with E-state index in [-0.39, 0.29) is 12.4 Å². The molecular formula is C19H17BrFNOS. The highest BCUT2D eigenvalue weighted by molar-refractivity contribution is 9.10. The first-order valence-corrected chi connectivity index (χ1v) is 9.27. The van der Waals surface area contributed by atoms with Gasteiger partial charge in [-0.1, -0.05) is 40.2 Å². The van der Waals surface area contributed by atoms with Crippen LogP contribution in [-0.4, -0.2) is 0 Å². The molecule has 3 aromatic rings. The number of nitrogens with one attached hydrogen (secondary N) is 1. The Balaban J connectivity index is 1.65. The molecule has 0 saturated heterocycles. The Hall–Kier alpha value is -1.69. The Labute approximate surface area is 153 Å². The van der Waals surface area contributed by atoms with Gasteiger partial charge in [-0.25, -0.2) is 4.39 Å². The van der Waals surface area contributed by atoms with Gasteiger partial charge in [-0.3, -0.25) is 0 Å². The van der Waals surface area contributed by atoms with E-state index in [4.69, 9.17) is 4.74 Å². The monoisotopic (exact) mass is 405 g/mol. The van der Waals surface area contributed by atoms with Gasteiger partial charge in [-0.15, -0.1) is 11.3 Å². The van der Waals surface area contributed by atoms with E-state index < -0.39 is 0 Å². The summed E-state index contributed by atoms with van der Waals surface area (Å²) < 4.78 is 20.6. The smallest absolute Gasteiger partial charge is 0.129 e. The van der Waals surface area contributed by atoms with Crippen molar-refractivity contribution in [3.8, 4) is 5.75 Å². The molecule has 0 bridgehead atoms. The molecule has 1 heterocycles. The first kappa shape index (κ1) is 17.1. The largest absolute Gasteiger partial charge is 0.488 e. The van der Waals surface area contributed by atoms with Crippen molar-refractivity contribution < 1.29 is 9.13 Å². The summed E-state index contributed by atoms with van der Waals surface area (Å²) in [7, 11) is 0. The molecule has 24 heavy (non-hydrogen) atoms. The molecule has 0 spiro atoms. The zero-order valence-electron chi connectivity index (χ0n) is 13.0. The van der Waals surface area contributed by atoms with Gasteiger partial charge in [0, 0.05) is 33.6 Å². The molecule has 2 aromatic carbocycles. The van der Waals surface area contributed by atoms with Crippen LogP contribution in [0.4, 0.5) is 4.39 Å². The fraction of sp³-hybridized carbons (Fsp3) is 0.158. The second-order valence-electron chi connectivity index (χ2n) is 5.32. The van der Waals surface area contributed by atoms with Crippen LogP contribution >= 0.6 is 27.3 Å². The van der Waals surface area contributed by atoms with Gasteiger partial charge in [-0.2, -0.15) is 0 Å². The highest BCUT2D eigenvalue weighted by Gasteiger charge is 2.07. The fourth-order valence-electron chi connectivity index (χ4n) is 2.33. The molecule has 1 aromatic heterocycles. The van der Waals surface area contributed by atoms with Crippen LogP contribution < -0.4 is 10.1 Å². The molecule has 0 unspecified atom stereocenters. The van der Waals surface area contributed by atoms with Crippen molar-refractivity contribution in [2.75, 3.05) is 0 Å². The molecule has 0 amide bonds. The molecule has 1 N–H and O–H groups in total. The van der Waals surface area contributed by atoms with E-state index in [0.29, 0.717) is 12.1 Å². The lowest BCUT2D eigenvalue weighted by Crippen LogP contribution is -2.13. The molecule has 2 nitrogen and oxygen atoms in total. The van der Waals surface area contributed by atoms with E-state index >= 15 is 0 Å². The maximum Gasteiger partial charge on any atom is 0.129 e. The Morgan fingerprint density at radius 2 is 1.88 bits per heavy atom. The van der Waals surface area contributed by atoms with Crippen molar-refractivity contribution in [1.82, 2.24) is 5.32 Å². The van der Waals surface area contributed by atoms with Crippen LogP contribution in [0.25, 0.3) is 0 Å². The zero-order valence-corrected chi connectivity index (χ0v) is 15.4. The quantitative estimate of drug-likeness (QED) is 0.558. The summed E-state index contributed by atoms with van der Waals surface area (Å²) >= 11 is 5.22. The summed E-state index contributed by atoms with van der Waals surface area (Å²) in [5.74, 6) is 0.520. The van der Waals surface area contributed by atoms with Gasteiger partial charge in [0.05, 0.1) is 0 Å². The summed E-state index contributed by atoms with van der Waals surface area (Å²) in [5.41, 5.74) is 1.59. The fourth-order valence-corrected chi connectivity index (χ4v) is 3.41. The standard InChI is InChI=1S/C19H17BrFNOS/c20-16-7-8-19(23-13-14-4-1-2-6-18(14)21)15(10-16)11-22-12-17-5-3-9-24-17/h1-10,22H,11-13H2. The van der Waals surface area contributed by atoms with Crippen molar-refractivity contribution in [3.05, 3.63) is 86.3 Å². The van der Waals surface area contributed by atoms with Gasteiger partial charge < -0.3 is 10.1 Å². The Bertz CT molecular complexity index is 792. The summed E-state index contributed by atoms with van der Waals surface area (Å²) in [6.45, 7) is 1.72. The summed E-state index contributed by atoms with van der Waals surface area (Å²) in [4.78, 5) is 1.29. The maximum atomic E-state index is 13.7. The van der Waals surface area contributed by atoms with Crippen molar-refractivity contribution in [3.63, 3.8) is 0 Å². The van der Waals surface area contributed by atoms with Gasteiger partial charge in [0.15, 0.2) is 0 Å². The number of thiophene rings is 1. The molecule has 0 fully saturated rings. The van der Waals surface area contributed by atoms with Crippen molar-refractivity contribution in [2.45, 2.75) is 19.7 Å². The van der Waals surface area contributed by atoms with Crippen LogP contribution in [-0.2, 0) is 19.7 Å². The van der Waals surface area contributed by atoms with E-state index in [1.165, 1.54) is 10.9 Å². The van der Waals surface area contributed by atoms with Gasteiger partial charge in [0.2, 0.25) is 0 Å². The summed E-state index contributed by atoms with van der Waals surface area (Å²) in [6, 6.07) is 16.7. The highest BCUT2D eigenvalue weighted by atomic mass is 79.9. The first-order chi connectivity index (χ1) is 11.7. The second kappa shape index (κ2) is 8.42. The zero-order chi connectivity index (χ0) is 16.8. The molecule has 0 saturated carbocycles. The van der Waals surface area contributed by atoms with E-state index in [9.17, 15) is 4.39 Å². The molecule has 0 aliphatic rings.